The molecule has 0 aromatic carbocycles. The number of carboxylic acid groups (broad SMARTS) is 1. The Balaban J connectivity index is 1.58. The fourth-order valence-corrected chi connectivity index (χ4v) is 4.04. The quantitative estimate of drug-likeness (QED) is 0.784. The highest BCUT2D eigenvalue weighted by molar-refractivity contribution is 5.80. The van der Waals surface area contributed by atoms with Crippen molar-refractivity contribution < 1.29 is 14.7 Å². The van der Waals surface area contributed by atoms with E-state index in [0.29, 0.717) is 25.9 Å². The first-order chi connectivity index (χ1) is 10.9. The number of carbonyl (C=O) groups excluding carboxylic acids is 1. The molecule has 3 rings (SSSR count). The molecule has 2 heterocycles. The van der Waals surface area contributed by atoms with Gasteiger partial charge in [0.15, 0.2) is 0 Å². The van der Waals surface area contributed by atoms with Crippen LogP contribution >= 0.6 is 0 Å². The van der Waals surface area contributed by atoms with Crippen LogP contribution in [0.25, 0.3) is 0 Å². The average Bonchev–Trinajstić information content (AvgIpc) is 3.12. The number of urea groups is 1. The predicted octanol–water partition coefficient (Wildman–Crippen LogP) is 1.55. The molecule has 1 aliphatic heterocycles. The minimum atomic E-state index is -0.754. The van der Waals surface area contributed by atoms with Crippen LogP contribution < -0.4 is 5.32 Å². The summed E-state index contributed by atoms with van der Waals surface area (Å²) in [6.45, 7) is 4.75. The molecule has 7 nitrogen and oxygen atoms in total. The van der Waals surface area contributed by atoms with Gasteiger partial charge in [-0.3, -0.25) is 9.89 Å². The second kappa shape index (κ2) is 5.86. The topological polar surface area (TPSA) is 98.3 Å². The Morgan fingerprint density at radius 2 is 2.39 bits per heavy atom. The Kier molecular flexibility index (Phi) is 4.04. The van der Waals surface area contributed by atoms with Gasteiger partial charge in [0.25, 0.3) is 0 Å². The number of H-pyrrole nitrogens is 1. The van der Waals surface area contributed by atoms with E-state index in [0.717, 1.165) is 24.2 Å². The molecule has 1 aromatic heterocycles. The Bertz CT molecular complexity index is 614. The zero-order valence-electron chi connectivity index (χ0n) is 13.6. The van der Waals surface area contributed by atoms with Crippen LogP contribution in [-0.2, 0) is 11.2 Å². The smallest absolute Gasteiger partial charge is 0.317 e. The lowest BCUT2D eigenvalue weighted by Crippen LogP contribution is -2.45. The predicted molar refractivity (Wildman–Crippen MR) is 84.0 cm³/mol. The average molecular weight is 320 g/mol. The van der Waals surface area contributed by atoms with E-state index in [2.05, 4.69) is 15.5 Å². The van der Waals surface area contributed by atoms with Crippen LogP contribution in [0.1, 0.15) is 37.6 Å². The van der Waals surface area contributed by atoms with Crippen LogP contribution in [0.4, 0.5) is 4.79 Å². The molecule has 2 amide bonds. The van der Waals surface area contributed by atoms with Gasteiger partial charge in [-0.15, -0.1) is 0 Å². The fourth-order valence-electron chi connectivity index (χ4n) is 4.04. The number of rotatable bonds is 4. The monoisotopic (exact) mass is 320 g/mol. The number of carboxylic acids is 1. The van der Waals surface area contributed by atoms with Crippen molar-refractivity contribution in [2.24, 2.45) is 11.3 Å². The number of hydrogen-bond acceptors (Lipinski definition) is 3. The van der Waals surface area contributed by atoms with E-state index in [1.807, 2.05) is 19.9 Å². The molecule has 1 aromatic rings. The normalized spacial score (nSPS) is 27.7. The number of aromatic amines is 1. The molecule has 1 saturated carbocycles. The molecule has 3 atom stereocenters. The molecule has 126 valence electrons. The molecule has 1 saturated heterocycles. The summed E-state index contributed by atoms with van der Waals surface area (Å²) in [5.74, 6) is -0.662. The summed E-state index contributed by atoms with van der Waals surface area (Å²) < 4.78 is 0. The summed E-state index contributed by atoms with van der Waals surface area (Å²) in [4.78, 5) is 25.8. The lowest BCUT2D eigenvalue weighted by atomic mass is 9.81. The van der Waals surface area contributed by atoms with Crippen molar-refractivity contribution in [3.8, 4) is 0 Å². The summed E-state index contributed by atoms with van der Waals surface area (Å²) >= 11 is 0. The van der Waals surface area contributed by atoms with Crippen LogP contribution in [0.15, 0.2) is 6.07 Å². The lowest BCUT2D eigenvalue weighted by Gasteiger charge is -2.24. The van der Waals surface area contributed by atoms with Crippen molar-refractivity contribution >= 4 is 12.0 Å². The van der Waals surface area contributed by atoms with Gasteiger partial charge in [0.1, 0.15) is 0 Å². The zero-order chi connectivity index (χ0) is 16.6. The summed E-state index contributed by atoms with van der Waals surface area (Å²) in [6.07, 6.45) is 3.18. The van der Waals surface area contributed by atoms with Gasteiger partial charge in [-0.05, 0) is 38.7 Å². The number of carbonyl (C=O) groups is 2. The van der Waals surface area contributed by atoms with Gasteiger partial charge < -0.3 is 15.3 Å². The molecule has 7 heteroatoms. The SMILES string of the molecule is Cc1cc(CC(C)NC(=O)N2C[C@@H]3CCC[C@@]3(C(=O)O)C2)n[nH]1. The number of aromatic nitrogens is 2. The number of aliphatic carboxylic acids is 1. The van der Waals surface area contributed by atoms with Gasteiger partial charge in [-0.2, -0.15) is 5.10 Å². The maximum absolute atomic E-state index is 12.4. The van der Waals surface area contributed by atoms with Crippen molar-refractivity contribution in [1.29, 1.82) is 0 Å². The van der Waals surface area contributed by atoms with Crippen molar-refractivity contribution in [1.82, 2.24) is 20.4 Å². The summed E-state index contributed by atoms with van der Waals surface area (Å²) in [5.41, 5.74) is 1.18. The highest BCUT2D eigenvalue weighted by Gasteiger charge is 2.55. The van der Waals surface area contributed by atoms with Gasteiger partial charge in [0.2, 0.25) is 0 Å². The molecule has 0 radical (unpaired) electrons. The van der Waals surface area contributed by atoms with E-state index in [1.165, 1.54) is 0 Å². The summed E-state index contributed by atoms with van der Waals surface area (Å²) in [7, 11) is 0. The first-order valence-electron chi connectivity index (χ1n) is 8.20. The van der Waals surface area contributed by atoms with Crippen molar-refractivity contribution in [3.63, 3.8) is 0 Å². The maximum atomic E-state index is 12.4. The number of amides is 2. The van der Waals surface area contributed by atoms with E-state index in [4.69, 9.17) is 0 Å². The Hall–Kier alpha value is -2.05. The van der Waals surface area contributed by atoms with E-state index in [1.54, 1.807) is 4.90 Å². The van der Waals surface area contributed by atoms with E-state index in [9.17, 15) is 14.7 Å². The van der Waals surface area contributed by atoms with Crippen molar-refractivity contribution in [2.45, 2.75) is 45.6 Å². The summed E-state index contributed by atoms with van der Waals surface area (Å²) in [6, 6.07) is 1.74. The number of likely N-dealkylation sites (tertiary alicyclic amines) is 1. The Morgan fingerprint density at radius 1 is 1.61 bits per heavy atom. The van der Waals surface area contributed by atoms with E-state index >= 15 is 0 Å². The second-order valence-corrected chi connectivity index (χ2v) is 7.03. The van der Waals surface area contributed by atoms with E-state index in [-0.39, 0.29) is 18.0 Å². The number of aryl methyl sites for hydroxylation is 1. The molecule has 0 bridgehead atoms. The van der Waals surface area contributed by atoms with Gasteiger partial charge >= 0.3 is 12.0 Å². The fraction of sp³-hybridized carbons (Fsp3) is 0.688. The number of nitrogens with zero attached hydrogens (tertiary/aromatic N) is 2. The highest BCUT2D eigenvalue weighted by Crippen LogP contribution is 2.48. The van der Waals surface area contributed by atoms with E-state index < -0.39 is 11.4 Å². The molecule has 1 aliphatic carbocycles. The maximum Gasteiger partial charge on any atom is 0.317 e. The highest BCUT2D eigenvalue weighted by atomic mass is 16.4. The number of hydrogen-bond donors (Lipinski definition) is 3. The minimum Gasteiger partial charge on any atom is -0.481 e. The lowest BCUT2D eigenvalue weighted by molar-refractivity contribution is -0.149. The third kappa shape index (κ3) is 2.92. The minimum absolute atomic E-state index is 0.0496. The number of nitrogens with one attached hydrogen (secondary N) is 2. The molecule has 23 heavy (non-hydrogen) atoms. The van der Waals surface area contributed by atoms with Gasteiger partial charge in [0.05, 0.1) is 11.1 Å². The zero-order valence-corrected chi connectivity index (χ0v) is 13.6. The largest absolute Gasteiger partial charge is 0.481 e. The van der Waals surface area contributed by atoms with Crippen molar-refractivity contribution in [2.75, 3.05) is 13.1 Å². The standard InChI is InChI=1S/C16H24N4O3/c1-10(6-13-7-11(2)18-19-13)17-15(23)20-8-12-4-3-5-16(12,9-20)14(21)22/h7,10,12H,3-6,8-9H2,1-2H3,(H,17,23)(H,18,19)(H,21,22)/t10?,12-,16+/m0/s1. The van der Waals surface area contributed by atoms with Crippen LogP contribution in [0, 0.1) is 18.3 Å². The van der Waals surface area contributed by atoms with Gasteiger partial charge in [0, 0.05) is 31.2 Å². The van der Waals surface area contributed by atoms with Crippen LogP contribution in [0.5, 0.6) is 0 Å². The van der Waals surface area contributed by atoms with Crippen LogP contribution in [0.3, 0.4) is 0 Å². The van der Waals surface area contributed by atoms with Gasteiger partial charge in [-0.1, -0.05) is 6.42 Å². The third-order valence-corrected chi connectivity index (χ3v) is 5.23. The molecule has 2 fully saturated rings. The molecule has 2 aliphatic rings. The number of fused-ring (bicyclic) bond motifs is 1. The molecule has 3 N–H and O–H groups in total. The molecular formula is C16H24N4O3. The van der Waals surface area contributed by atoms with Crippen LogP contribution in [-0.4, -0.2) is 51.3 Å². The molecule has 0 spiro atoms. The first-order valence-corrected chi connectivity index (χ1v) is 8.20. The second-order valence-electron chi connectivity index (χ2n) is 7.03. The molecule has 1 unspecified atom stereocenters. The molecular weight excluding hydrogens is 296 g/mol. The van der Waals surface area contributed by atoms with Crippen molar-refractivity contribution in [3.05, 3.63) is 17.5 Å². The Labute approximate surface area is 135 Å². The first kappa shape index (κ1) is 15.8. The summed E-state index contributed by atoms with van der Waals surface area (Å²) in [5, 5.41) is 19.6. The van der Waals surface area contributed by atoms with Gasteiger partial charge in [-0.25, -0.2) is 4.79 Å². The van der Waals surface area contributed by atoms with Crippen LogP contribution in [0.2, 0.25) is 0 Å². The third-order valence-electron chi connectivity index (χ3n) is 5.23. The Morgan fingerprint density at radius 3 is 3.00 bits per heavy atom.